The molecule has 1 aliphatic heterocycles. The third-order valence-electron chi connectivity index (χ3n) is 3.90. The molecule has 1 saturated heterocycles. The van der Waals surface area contributed by atoms with Crippen molar-refractivity contribution in [1.29, 1.82) is 5.26 Å². The highest BCUT2D eigenvalue weighted by Gasteiger charge is 2.20. The molecule has 1 aromatic rings. The topological polar surface area (TPSA) is 39.1 Å². The zero-order valence-electron chi connectivity index (χ0n) is 12.2. The van der Waals surface area contributed by atoms with Crippen molar-refractivity contribution in [1.82, 2.24) is 10.2 Å². The van der Waals surface area contributed by atoms with Crippen molar-refractivity contribution in [3.8, 4) is 6.07 Å². The van der Waals surface area contributed by atoms with E-state index >= 15 is 0 Å². The molecule has 0 aromatic heterocycles. The number of hydrogen-bond donors (Lipinski definition) is 1. The molecule has 2 rings (SSSR count). The Bertz CT molecular complexity index is 487. The van der Waals surface area contributed by atoms with Crippen LogP contribution >= 0.6 is 11.6 Å². The van der Waals surface area contributed by atoms with Crippen LogP contribution < -0.4 is 5.32 Å². The van der Waals surface area contributed by atoms with Gasteiger partial charge in [0, 0.05) is 30.2 Å². The number of nitrogens with one attached hydrogen (secondary N) is 1. The summed E-state index contributed by atoms with van der Waals surface area (Å²) in [7, 11) is 0. The molecule has 3 nitrogen and oxygen atoms in total. The lowest BCUT2D eigenvalue weighted by Gasteiger charge is -2.29. The minimum atomic E-state index is 0.476. The fraction of sp³-hybridized carbons (Fsp3) is 0.562. The first-order valence-corrected chi connectivity index (χ1v) is 7.64. The molecule has 0 spiro atoms. The van der Waals surface area contributed by atoms with Gasteiger partial charge in [0.25, 0.3) is 0 Å². The molecule has 0 saturated carbocycles. The van der Waals surface area contributed by atoms with Gasteiger partial charge in [0.05, 0.1) is 11.6 Å². The van der Waals surface area contributed by atoms with Gasteiger partial charge in [-0.05, 0) is 50.9 Å². The predicted octanol–water partition coefficient (Wildman–Crippen LogP) is 3.17. The molecule has 0 aliphatic carbocycles. The summed E-state index contributed by atoms with van der Waals surface area (Å²) >= 11 is 6.28. The molecule has 1 aliphatic rings. The Morgan fingerprint density at radius 3 is 2.85 bits per heavy atom. The summed E-state index contributed by atoms with van der Waals surface area (Å²) in [6.45, 7) is 7.45. The lowest BCUT2D eigenvalue weighted by atomic mass is 10.1. The number of nitriles is 1. The average molecular weight is 292 g/mol. The van der Waals surface area contributed by atoms with Crippen LogP contribution in [0.2, 0.25) is 5.02 Å². The molecule has 0 bridgehead atoms. The summed E-state index contributed by atoms with van der Waals surface area (Å²) < 4.78 is 0. The highest BCUT2D eigenvalue weighted by molar-refractivity contribution is 6.31. The van der Waals surface area contributed by atoms with Gasteiger partial charge in [-0.2, -0.15) is 5.26 Å². The van der Waals surface area contributed by atoms with Crippen LogP contribution in [-0.2, 0) is 6.54 Å². The fourth-order valence-corrected chi connectivity index (χ4v) is 2.86. The van der Waals surface area contributed by atoms with Gasteiger partial charge in [-0.1, -0.05) is 17.7 Å². The second-order valence-electron chi connectivity index (χ2n) is 5.73. The molecule has 1 heterocycles. The molecule has 1 fully saturated rings. The van der Waals surface area contributed by atoms with Crippen molar-refractivity contribution >= 4 is 11.6 Å². The summed E-state index contributed by atoms with van der Waals surface area (Å²) in [4.78, 5) is 2.44. The third kappa shape index (κ3) is 3.96. The van der Waals surface area contributed by atoms with Crippen molar-refractivity contribution in [2.75, 3.05) is 13.1 Å². The molecular formula is C16H22ClN3. The second-order valence-corrected chi connectivity index (χ2v) is 6.14. The fourth-order valence-electron chi connectivity index (χ4n) is 2.62. The minimum Gasteiger partial charge on any atom is -0.313 e. The summed E-state index contributed by atoms with van der Waals surface area (Å²) in [6, 6.07) is 8.75. The van der Waals surface area contributed by atoms with Gasteiger partial charge in [-0.25, -0.2) is 0 Å². The molecule has 0 radical (unpaired) electrons. The number of halogens is 1. The standard InChI is InChI=1S/C16H22ClN3/c1-12(2)20(11-15-4-3-7-19-15)10-14-6-5-13(9-18)8-16(14)17/h5-6,8,12,15,19H,3-4,7,10-11H2,1-2H3. The van der Waals surface area contributed by atoms with E-state index in [2.05, 4.69) is 30.1 Å². The average Bonchev–Trinajstić information content (AvgIpc) is 2.92. The van der Waals surface area contributed by atoms with Crippen molar-refractivity contribution in [3.63, 3.8) is 0 Å². The Kier molecular flexibility index (Phi) is 5.42. The number of rotatable bonds is 5. The van der Waals surface area contributed by atoms with Gasteiger partial charge in [0.2, 0.25) is 0 Å². The van der Waals surface area contributed by atoms with E-state index in [-0.39, 0.29) is 0 Å². The molecule has 20 heavy (non-hydrogen) atoms. The molecule has 4 heteroatoms. The van der Waals surface area contributed by atoms with E-state index in [1.807, 2.05) is 12.1 Å². The third-order valence-corrected chi connectivity index (χ3v) is 4.26. The summed E-state index contributed by atoms with van der Waals surface area (Å²) in [5.74, 6) is 0. The molecule has 1 N–H and O–H groups in total. The van der Waals surface area contributed by atoms with Gasteiger partial charge in [0.15, 0.2) is 0 Å². The highest BCUT2D eigenvalue weighted by atomic mass is 35.5. The summed E-state index contributed by atoms with van der Waals surface area (Å²) in [5, 5.41) is 13.1. The van der Waals surface area contributed by atoms with Gasteiger partial charge < -0.3 is 5.32 Å². The first-order chi connectivity index (χ1) is 9.60. The second kappa shape index (κ2) is 7.08. The number of nitrogens with zero attached hydrogens (tertiary/aromatic N) is 2. The Hall–Kier alpha value is -1.08. The highest BCUT2D eigenvalue weighted by Crippen LogP contribution is 2.21. The van der Waals surface area contributed by atoms with E-state index in [1.54, 1.807) is 6.07 Å². The van der Waals surface area contributed by atoms with E-state index in [0.29, 0.717) is 22.7 Å². The molecule has 108 valence electrons. The van der Waals surface area contributed by atoms with E-state index < -0.39 is 0 Å². The molecular weight excluding hydrogens is 270 g/mol. The Labute approximate surface area is 126 Å². The van der Waals surface area contributed by atoms with Crippen molar-refractivity contribution in [3.05, 3.63) is 34.3 Å². The van der Waals surface area contributed by atoms with E-state index in [4.69, 9.17) is 16.9 Å². The maximum atomic E-state index is 8.89. The van der Waals surface area contributed by atoms with E-state index in [0.717, 1.165) is 25.2 Å². The summed E-state index contributed by atoms with van der Waals surface area (Å²) in [5.41, 5.74) is 1.71. The van der Waals surface area contributed by atoms with Crippen LogP contribution in [-0.4, -0.2) is 30.1 Å². The molecule has 1 unspecified atom stereocenters. The normalized spacial score (nSPS) is 18.7. The Morgan fingerprint density at radius 2 is 2.30 bits per heavy atom. The molecule has 0 amide bonds. The van der Waals surface area contributed by atoms with E-state index in [1.165, 1.54) is 12.8 Å². The SMILES string of the molecule is CC(C)N(Cc1ccc(C#N)cc1Cl)CC1CCCN1. The van der Waals surface area contributed by atoms with Gasteiger partial charge in [0.1, 0.15) is 0 Å². The smallest absolute Gasteiger partial charge is 0.0992 e. The maximum absolute atomic E-state index is 8.89. The largest absolute Gasteiger partial charge is 0.313 e. The van der Waals surface area contributed by atoms with Gasteiger partial charge in [-0.3, -0.25) is 4.90 Å². The minimum absolute atomic E-state index is 0.476. The van der Waals surface area contributed by atoms with Crippen LogP contribution in [0.5, 0.6) is 0 Å². The maximum Gasteiger partial charge on any atom is 0.0992 e. The van der Waals surface area contributed by atoms with Crippen LogP contribution in [0.3, 0.4) is 0 Å². The zero-order chi connectivity index (χ0) is 14.5. The molecule has 1 atom stereocenters. The Balaban J connectivity index is 2.05. The Morgan fingerprint density at radius 1 is 1.50 bits per heavy atom. The lowest BCUT2D eigenvalue weighted by Crippen LogP contribution is -2.40. The van der Waals surface area contributed by atoms with Crippen LogP contribution in [0.25, 0.3) is 0 Å². The van der Waals surface area contributed by atoms with Crippen molar-refractivity contribution in [2.45, 2.75) is 45.3 Å². The van der Waals surface area contributed by atoms with Crippen molar-refractivity contribution < 1.29 is 0 Å². The lowest BCUT2D eigenvalue weighted by molar-refractivity contribution is 0.194. The van der Waals surface area contributed by atoms with E-state index in [9.17, 15) is 0 Å². The zero-order valence-corrected chi connectivity index (χ0v) is 13.0. The van der Waals surface area contributed by atoms with Crippen LogP contribution in [0.15, 0.2) is 18.2 Å². The quantitative estimate of drug-likeness (QED) is 0.906. The van der Waals surface area contributed by atoms with Gasteiger partial charge >= 0.3 is 0 Å². The van der Waals surface area contributed by atoms with Crippen LogP contribution in [0.4, 0.5) is 0 Å². The van der Waals surface area contributed by atoms with Crippen LogP contribution in [0, 0.1) is 11.3 Å². The molecule has 1 aromatic carbocycles. The predicted molar refractivity (Wildman–Crippen MR) is 82.7 cm³/mol. The number of benzene rings is 1. The first-order valence-electron chi connectivity index (χ1n) is 7.26. The number of hydrogen-bond acceptors (Lipinski definition) is 3. The monoisotopic (exact) mass is 291 g/mol. The summed E-state index contributed by atoms with van der Waals surface area (Å²) in [6.07, 6.45) is 2.53. The van der Waals surface area contributed by atoms with Crippen molar-refractivity contribution in [2.24, 2.45) is 0 Å². The first kappa shape index (κ1) is 15.3. The van der Waals surface area contributed by atoms with Crippen LogP contribution in [0.1, 0.15) is 37.8 Å². The van der Waals surface area contributed by atoms with Gasteiger partial charge in [-0.15, -0.1) is 0 Å².